The maximum Gasteiger partial charge on any atom is 0.232 e. The Hall–Kier alpha value is -1.42. The van der Waals surface area contributed by atoms with Gasteiger partial charge in [0.25, 0.3) is 0 Å². The third-order valence-corrected chi connectivity index (χ3v) is 6.33. The molecule has 1 aromatic rings. The molecule has 4 nitrogen and oxygen atoms in total. The molecule has 2 aliphatic carbocycles. The number of nitrogens with zero attached hydrogens (tertiary/aromatic N) is 1. The van der Waals surface area contributed by atoms with E-state index in [2.05, 4.69) is 10.3 Å². The second-order valence-corrected chi connectivity index (χ2v) is 7.39. The van der Waals surface area contributed by atoms with Crippen LogP contribution < -0.4 is 5.32 Å². The first-order chi connectivity index (χ1) is 9.73. The highest BCUT2D eigenvalue weighted by molar-refractivity contribution is 6.30. The Kier molecular flexibility index (Phi) is 2.97. The molecule has 1 aromatic heterocycles. The zero-order chi connectivity index (χ0) is 15.5. The molecule has 0 radical (unpaired) electrons. The fourth-order valence-electron chi connectivity index (χ4n) is 4.05. The minimum atomic E-state index is -0.625. The predicted octanol–water partition coefficient (Wildman–Crippen LogP) is 3.46. The summed E-state index contributed by atoms with van der Waals surface area (Å²) in [5.41, 5.74) is -1.36. The molecule has 112 valence electrons. The molecule has 2 bridgehead atoms. The number of rotatable bonds is 2. The number of pyridine rings is 1. The van der Waals surface area contributed by atoms with E-state index in [0.29, 0.717) is 17.3 Å². The van der Waals surface area contributed by atoms with Crippen LogP contribution in [0.5, 0.6) is 0 Å². The van der Waals surface area contributed by atoms with Gasteiger partial charge in [0.15, 0.2) is 0 Å². The van der Waals surface area contributed by atoms with Crippen molar-refractivity contribution in [3.05, 3.63) is 23.4 Å². The van der Waals surface area contributed by atoms with Crippen molar-refractivity contribution >= 4 is 29.1 Å². The zero-order valence-electron chi connectivity index (χ0n) is 12.5. The summed E-state index contributed by atoms with van der Waals surface area (Å²) in [5, 5.41) is 3.39. The molecular formula is C16H19ClN2O2. The van der Waals surface area contributed by atoms with Gasteiger partial charge in [-0.05, 0) is 30.4 Å². The van der Waals surface area contributed by atoms with Crippen molar-refractivity contribution in [2.45, 2.75) is 40.0 Å². The van der Waals surface area contributed by atoms with Crippen LogP contribution in [0.2, 0.25) is 5.02 Å². The van der Waals surface area contributed by atoms with Crippen molar-refractivity contribution in [2.24, 2.45) is 16.2 Å². The summed E-state index contributed by atoms with van der Waals surface area (Å²) in [5.74, 6) is 0.581. The van der Waals surface area contributed by atoms with Crippen LogP contribution in [0.4, 0.5) is 5.82 Å². The average Bonchev–Trinajstić information content (AvgIpc) is 2.72. The van der Waals surface area contributed by atoms with Crippen molar-refractivity contribution in [3.8, 4) is 0 Å². The van der Waals surface area contributed by atoms with Gasteiger partial charge in [-0.1, -0.05) is 32.4 Å². The summed E-state index contributed by atoms with van der Waals surface area (Å²) in [7, 11) is 0. The van der Waals surface area contributed by atoms with E-state index in [-0.39, 0.29) is 17.1 Å². The normalized spacial score (nSPS) is 33.2. The van der Waals surface area contributed by atoms with E-state index in [0.717, 1.165) is 12.8 Å². The van der Waals surface area contributed by atoms with Gasteiger partial charge in [-0.15, -0.1) is 0 Å². The quantitative estimate of drug-likeness (QED) is 0.910. The minimum absolute atomic E-state index is 0.100. The van der Waals surface area contributed by atoms with Crippen molar-refractivity contribution in [3.63, 3.8) is 0 Å². The van der Waals surface area contributed by atoms with Gasteiger partial charge < -0.3 is 5.32 Å². The van der Waals surface area contributed by atoms with Crippen molar-refractivity contribution in [1.82, 2.24) is 4.98 Å². The van der Waals surface area contributed by atoms with Crippen LogP contribution in [0, 0.1) is 16.2 Å². The average molecular weight is 307 g/mol. The van der Waals surface area contributed by atoms with Gasteiger partial charge in [-0.25, -0.2) is 4.98 Å². The molecule has 0 spiro atoms. The molecular weight excluding hydrogens is 288 g/mol. The molecule has 1 amide bonds. The Balaban J connectivity index is 1.91. The van der Waals surface area contributed by atoms with E-state index in [1.165, 1.54) is 6.20 Å². The highest BCUT2D eigenvalue weighted by Crippen LogP contribution is 2.70. The molecule has 2 atom stereocenters. The number of Topliss-reactive ketones (excluding diaryl/α,β-unsaturated/α-hetero) is 1. The van der Waals surface area contributed by atoms with E-state index in [4.69, 9.17) is 11.6 Å². The molecule has 0 aliphatic heterocycles. The summed E-state index contributed by atoms with van der Waals surface area (Å²) in [6.45, 7) is 6.08. The lowest BCUT2D eigenvalue weighted by Crippen LogP contribution is -2.43. The first-order valence-corrected chi connectivity index (χ1v) is 7.57. The largest absolute Gasteiger partial charge is 0.310 e. The molecule has 1 heterocycles. The van der Waals surface area contributed by atoms with Gasteiger partial charge in [-0.2, -0.15) is 0 Å². The minimum Gasteiger partial charge on any atom is -0.310 e. The zero-order valence-corrected chi connectivity index (χ0v) is 13.3. The van der Waals surface area contributed by atoms with E-state index in [9.17, 15) is 9.59 Å². The van der Waals surface area contributed by atoms with Crippen molar-refractivity contribution in [2.75, 3.05) is 5.32 Å². The van der Waals surface area contributed by atoms with Crippen LogP contribution in [-0.4, -0.2) is 16.7 Å². The Labute approximate surface area is 129 Å². The fourth-order valence-corrected chi connectivity index (χ4v) is 4.16. The number of fused-ring (bicyclic) bond motifs is 2. The molecule has 0 aromatic carbocycles. The number of aromatic nitrogens is 1. The standard InChI is InChI=1S/C16H19ClN2O2/c1-14(2)15(3)6-7-16(14,8-11(15)20)13(21)19-12-5-4-10(17)9-18-12/h4-5,9H,6-8H2,1-3H3,(H,18,19,21)/t15-,16-/m0/s1. The number of carbonyl (C=O) groups is 2. The van der Waals surface area contributed by atoms with Crippen LogP contribution in [0.1, 0.15) is 40.0 Å². The summed E-state index contributed by atoms with van der Waals surface area (Å²) >= 11 is 5.80. The van der Waals surface area contributed by atoms with Gasteiger partial charge in [0.1, 0.15) is 11.6 Å². The number of nitrogens with one attached hydrogen (secondary N) is 1. The lowest BCUT2D eigenvalue weighted by Gasteiger charge is -2.38. The molecule has 21 heavy (non-hydrogen) atoms. The Bertz CT molecular complexity index is 626. The number of amides is 1. The third-order valence-electron chi connectivity index (χ3n) is 6.11. The molecule has 2 aliphatic rings. The number of hydrogen-bond donors (Lipinski definition) is 1. The van der Waals surface area contributed by atoms with Gasteiger partial charge in [-0.3, -0.25) is 9.59 Å². The lowest BCUT2D eigenvalue weighted by molar-refractivity contribution is -0.131. The van der Waals surface area contributed by atoms with Crippen LogP contribution in [0.3, 0.4) is 0 Å². The lowest BCUT2D eigenvalue weighted by atomic mass is 9.64. The first-order valence-electron chi connectivity index (χ1n) is 7.19. The second-order valence-electron chi connectivity index (χ2n) is 6.95. The number of anilines is 1. The monoisotopic (exact) mass is 306 g/mol. The number of halogens is 1. The predicted molar refractivity (Wildman–Crippen MR) is 81.1 cm³/mol. The molecule has 1 N–H and O–H groups in total. The van der Waals surface area contributed by atoms with Crippen molar-refractivity contribution < 1.29 is 9.59 Å². The highest BCUT2D eigenvalue weighted by atomic mass is 35.5. The molecule has 0 saturated heterocycles. The Morgan fingerprint density at radius 3 is 2.48 bits per heavy atom. The smallest absolute Gasteiger partial charge is 0.232 e. The highest BCUT2D eigenvalue weighted by Gasteiger charge is 2.72. The second kappa shape index (κ2) is 4.29. The Morgan fingerprint density at radius 1 is 1.29 bits per heavy atom. The van der Waals surface area contributed by atoms with Crippen LogP contribution >= 0.6 is 11.6 Å². The van der Waals surface area contributed by atoms with Gasteiger partial charge in [0.05, 0.1) is 10.4 Å². The number of carbonyl (C=O) groups excluding carboxylic acids is 2. The molecule has 2 saturated carbocycles. The maximum atomic E-state index is 12.8. The van der Waals surface area contributed by atoms with Gasteiger partial charge in [0.2, 0.25) is 5.91 Å². The molecule has 0 unspecified atom stereocenters. The summed E-state index contributed by atoms with van der Waals surface area (Å²) in [4.78, 5) is 29.3. The summed E-state index contributed by atoms with van der Waals surface area (Å²) < 4.78 is 0. The van der Waals surface area contributed by atoms with E-state index in [1.54, 1.807) is 12.1 Å². The number of hydrogen-bond acceptors (Lipinski definition) is 3. The van der Waals surface area contributed by atoms with Gasteiger partial charge >= 0.3 is 0 Å². The van der Waals surface area contributed by atoms with Gasteiger partial charge in [0, 0.05) is 18.0 Å². The topological polar surface area (TPSA) is 59.1 Å². The fraction of sp³-hybridized carbons (Fsp3) is 0.562. The maximum absolute atomic E-state index is 12.8. The SMILES string of the molecule is CC1(C)[C@@]2(C(=O)Nc3ccc(Cl)cn3)CC[C@@]1(C)C(=O)C2. The third kappa shape index (κ3) is 1.71. The van der Waals surface area contributed by atoms with Crippen molar-refractivity contribution in [1.29, 1.82) is 0 Å². The number of ketones is 1. The first kappa shape index (κ1) is 14.5. The summed E-state index contributed by atoms with van der Waals surface area (Å²) in [6.07, 6.45) is 3.36. The van der Waals surface area contributed by atoms with E-state index < -0.39 is 10.8 Å². The molecule has 2 fully saturated rings. The van der Waals surface area contributed by atoms with E-state index in [1.807, 2.05) is 20.8 Å². The van der Waals surface area contributed by atoms with Crippen LogP contribution in [-0.2, 0) is 9.59 Å². The summed E-state index contributed by atoms with van der Waals surface area (Å²) in [6, 6.07) is 3.36. The Morgan fingerprint density at radius 2 is 2.00 bits per heavy atom. The van der Waals surface area contributed by atoms with E-state index >= 15 is 0 Å². The molecule has 5 heteroatoms. The van der Waals surface area contributed by atoms with Crippen LogP contribution in [0.25, 0.3) is 0 Å². The molecule has 3 rings (SSSR count). The van der Waals surface area contributed by atoms with Crippen LogP contribution in [0.15, 0.2) is 18.3 Å².